The van der Waals surface area contributed by atoms with E-state index in [1.54, 1.807) is 64.6 Å². The van der Waals surface area contributed by atoms with Crippen LogP contribution in [0, 0.1) is 11.3 Å². The summed E-state index contributed by atoms with van der Waals surface area (Å²) in [6.45, 7) is 0. The highest BCUT2D eigenvalue weighted by Crippen LogP contribution is 2.38. The molecule has 0 fully saturated rings. The Morgan fingerprint density at radius 2 is 1.71 bits per heavy atom. The zero-order valence-electron chi connectivity index (χ0n) is 14.3. The van der Waals surface area contributed by atoms with E-state index in [4.69, 9.17) is 23.9 Å². The molecule has 1 heterocycles. The molecule has 0 amide bonds. The second-order valence-electron chi connectivity index (χ2n) is 5.00. The van der Waals surface area contributed by atoms with Gasteiger partial charge in [-0.3, -0.25) is 0 Å². The maximum absolute atomic E-state index is 9.09. The van der Waals surface area contributed by atoms with Gasteiger partial charge in [-0.25, -0.2) is 0 Å². The number of hydrogen-bond acceptors (Lipinski definition) is 7. The molecule has 126 valence electrons. The average Bonchev–Trinajstić information content (AvgIpc) is 3.02. The number of methoxy groups -OCH3 is 3. The van der Waals surface area contributed by atoms with Crippen LogP contribution in [0.2, 0.25) is 0 Å². The van der Waals surface area contributed by atoms with Gasteiger partial charge in [0.2, 0.25) is 23.2 Å². The van der Waals surface area contributed by atoms with E-state index >= 15 is 0 Å². The molecule has 7 nitrogen and oxygen atoms in total. The fraction of sp³-hybridized carbons (Fsp3) is 0.294. The first-order chi connectivity index (χ1) is 11.5. The molecule has 0 aliphatic rings. The third kappa shape index (κ3) is 3.43. The standard InChI is InChI=1S/C17H19N3O4/c1-20(2)17-12(10-18)19-15(24-17)7-6-11-8-13(21-3)16(23-5)14(9-11)22-4/h6-9H,1-5H3. The van der Waals surface area contributed by atoms with Crippen LogP contribution in [0.3, 0.4) is 0 Å². The van der Waals surface area contributed by atoms with Crippen LogP contribution in [-0.2, 0) is 0 Å². The Bertz CT molecular complexity index is 763. The van der Waals surface area contributed by atoms with Gasteiger partial charge >= 0.3 is 0 Å². The van der Waals surface area contributed by atoms with Crippen LogP contribution in [0.5, 0.6) is 17.2 Å². The molecule has 0 radical (unpaired) electrons. The largest absolute Gasteiger partial charge is 0.493 e. The van der Waals surface area contributed by atoms with Crippen molar-refractivity contribution in [2.75, 3.05) is 40.3 Å². The smallest absolute Gasteiger partial charge is 0.234 e. The molecule has 0 aliphatic carbocycles. The molecule has 24 heavy (non-hydrogen) atoms. The molecule has 0 bridgehead atoms. The Balaban J connectivity index is 2.37. The minimum absolute atomic E-state index is 0.240. The Morgan fingerprint density at radius 3 is 2.12 bits per heavy atom. The summed E-state index contributed by atoms with van der Waals surface area (Å²) in [4.78, 5) is 5.84. The van der Waals surface area contributed by atoms with Crippen molar-refractivity contribution in [2.45, 2.75) is 0 Å². The lowest BCUT2D eigenvalue weighted by Gasteiger charge is -2.12. The zero-order valence-corrected chi connectivity index (χ0v) is 14.3. The summed E-state index contributed by atoms with van der Waals surface area (Å²) in [5.41, 5.74) is 1.05. The quantitative estimate of drug-likeness (QED) is 0.806. The number of oxazole rings is 1. The van der Waals surface area contributed by atoms with Crippen LogP contribution in [0.4, 0.5) is 5.88 Å². The van der Waals surface area contributed by atoms with E-state index in [0.717, 1.165) is 5.56 Å². The molecule has 7 heteroatoms. The van der Waals surface area contributed by atoms with E-state index < -0.39 is 0 Å². The van der Waals surface area contributed by atoms with Gasteiger partial charge in [-0.2, -0.15) is 10.2 Å². The number of nitrogens with zero attached hydrogens (tertiary/aromatic N) is 3. The molecule has 2 rings (SSSR count). The Labute approximate surface area is 140 Å². The van der Waals surface area contributed by atoms with E-state index in [9.17, 15) is 0 Å². The maximum atomic E-state index is 9.09. The monoisotopic (exact) mass is 329 g/mol. The topological polar surface area (TPSA) is 80.8 Å². The van der Waals surface area contributed by atoms with Crippen molar-refractivity contribution in [1.29, 1.82) is 5.26 Å². The highest BCUT2D eigenvalue weighted by Gasteiger charge is 2.14. The second kappa shape index (κ2) is 7.42. The predicted octanol–water partition coefficient (Wildman–Crippen LogP) is 2.81. The molecule has 0 spiro atoms. The van der Waals surface area contributed by atoms with Gasteiger partial charge in [0, 0.05) is 20.2 Å². The number of rotatable bonds is 6. The Hall–Kier alpha value is -3.14. The van der Waals surface area contributed by atoms with Crippen molar-refractivity contribution in [3.63, 3.8) is 0 Å². The zero-order chi connectivity index (χ0) is 17.7. The molecule has 0 saturated heterocycles. The SMILES string of the molecule is COc1cc(C=Cc2nc(C#N)c(N(C)C)o2)cc(OC)c1OC. The first-order valence-corrected chi connectivity index (χ1v) is 7.10. The molecule has 1 aromatic carbocycles. The molecular weight excluding hydrogens is 310 g/mol. The summed E-state index contributed by atoms with van der Waals surface area (Å²) in [5.74, 6) is 2.38. The average molecular weight is 329 g/mol. The van der Waals surface area contributed by atoms with Crippen molar-refractivity contribution < 1.29 is 18.6 Å². The van der Waals surface area contributed by atoms with Gasteiger partial charge in [-0.15, -0.1) is 0 Å². The summed E-state index contributed by atoms with van der Waals surface area (Å²) in [5, 5.41) is 9.09. The summed E-state index contributed by atoms with van der Waals surface area (Å²) in [6, 6.07) is 5.62. The van der Waals surface area contributed by atoms with Gasteiger partial charge in [0.15, 0.2) is 11.5 Å². The van der Waals surface area contributed by atoms with Crippen molar-refractivity contribution in [3.05, 3.63) is 29.3 Å². The molecule has 0 atom stereocenters. The highest BCUT2D eigenvalue weighted by molar-refractivity contribution is 5.71. The van der Waals surface area contributed by atoms with Crippen LogP contribution in [0.25, 0.3) is 12.2 Å². The normalized spacial score (nSPS) is 10.5. The van der Waals surface area contributed by atoms with Crippen molar-refractivity contribution in [1.82, 2.24) is 4.98 Å². The van der Waals surface area contributed by atoms with Gasteiger partial charge in [0.25, 0.3) is 0 Å². The summed E-state index contributed by atoms with van der Waals surface area (Å²) in [7, 11) is 8.24. The number of hydrogen-bond donors (Lipinski definition) is 0. The van der Waals surface area contributed by atoms with Crippen molar-refractivity contribution in [2.24, 2.45) is 0 Å². The first kappa shape index (κ1) is 17.2. The van der Waals surface area contributed by atoms with E-state index in [1.165, 1.54) is 0 Å². The van der Waals surface area contributed by atoms with E-state index in [2.05, 4.69) is 4.98 Å². The lowest BCUT2D eigenvalue weighted by atomic mass is 10.1. The summed E-state index contributed by atoms with van der Waals surface area (Å²) in [6.07, 6.45) is 3.46. The van der Waals surface area contributed by atoms with Gasteiger partial charge < -0.3 is 23.5 Å². The molecule has 0 unspecified atom stereocenters. The summed E-state index contributed by atoms with van der Waals surface area (Å²) < 4.78 is 21.5. The predicted molar refractivity (Wildman–Crippen MR) is 90.6 cm³/mol. The van der Waals surface area contributed by atoms with Crippen LogP contribution in [-0.4, -0.2) is 40.4 Å². The van der Waals surface area contributed by atoms with Gasteiger partial charge in [-0.05, 0) is 23.8 Å². The van der Waals surface area contributed by atoms with E-state index in [-0.39, 0.29) is 5.69 Å². The Morgan fingerprint density at radius 1 is 1.08 bits per heavy atom. The maximum Gasteiger partial charge on any atom is 0.234 e. The lowest BCUT2D eigenvalue weighted by Crippen LogP contribution is -2.08. The van der Waals surface area contributed by atoms with Gasteiger partial charge in [0.05, 0.1) is 21.3 Å². The first-order valence-electron chi connectivity index (χ1n) is 7.10. The van der Waals surface area contributed by atoms with Crippen molar-refractivity contribution >= 4 is 18.0 Å². The Kier molecular flexibility index (Phi) is 5.32. The highest BCUT2D eigenvalue weighted by atomic mass is 16.5. The minimum atomic E-state index is 0.240. The van der Waals surface area contributed by atoms with Gasteiger partial charge in [-0.1, -0.05) is 0 Å². The third-order valence-corrected chi connectivity index (χ3v) is 3.24. The van der Waals surface area contributed by atoms with Crippen molar-refractivity contribution in [3.8, 4) is 23.3 Å². The fourth-order valence-corrected chi connectivity index (χ4v) is 2.14. The number of benzene rings is 1. The molecule has 0 saturated carbocycles. The van der Waals surface area contributed by atoms with Crippen LogP contribution in [0.15, 0.2) is 16.5 Å². The minimum Gasteiger partial charge on any atom is -0.493 e. The number of aromatic nitrogens is 1. The molecule has 0 N–H and O–H groups in total. The number of nitriles is 1. The van der Waals surface area contributed by atoms with Crippen LogP contribution >= 0.6 is 0 Å². The molecular formula is C17H19N3O4. The third-order valence-electron chi connectivity index (χ3n) is 3.24. The van der Waals surface area contributed by atoms with E-state index in [1.807, 2.05) is 6.07 Å². The molecule has 1 aromatic heterocycles. The van der Waals surface area contributed by atoms with Crippen LogP contribution in [0.1, 0.15) is 17.1 Å². The van der Waals surface area contributed by atoms with Crippen LogP contribution < -0.4 is 19.1 Å². The second-order valence-corrected chi connectivity index (χ2v) is 5.00. The molecule has 0 aliphatic heterocycles. The number of anilines is 1. The lowest BCUT2D eigenvalue weighted by molar-refractivity contribution is 0.324. The molecule has 2 aromatic rings. The van der Waals surface area contributed by atoms with E-state index in [0.29, 0.717) is 29.0 Å². The number of ether oxygens (including phenoxy) is 3. The fourth-order valence-electron chi connectivity index (χ4n) is 2.14. The summed E-state index contributed by atoms with van der Waals surface area (Å²) >= 11 is 0. The van der Waals surface area contributed by atoms with Gasteiger partial charge in [0.1, 0.15) is 6.07 Å².